The van der Waals surface area contributed by atoms with Crippen molar-refractivity contribution in [1.82, 2.24) is 5.32 Å². The average molecular weight is 413 g/mol. The van der Waals surface area contributed by atoms with Crippen molar-refractivity contribution >= 4 is 23.7 Å². The molecular formula is C21H23N3O6. The van der Waals surface area contributed by atoms with Crippen LogP contribution in [0.3, 0.4) is 0 Å². The summed E-state index contributed by atoms with van der Waals surface area (Å²) in [6.07, 6.45) is -0.711. The van der Waals surface area contributed by atoms with Gasteiger partial charge in [-0.3, -0.25) is 15.0 Å². The third kappa shape index (κ3) is 6.62. The number of ether oxygens (including phenoxy) is 3. The van der Waals surface area contributed by atoms with Gasteiger partial charge in [-0.05, 0) is 29.8 Å². The van der Waals surface area contributed by atoms with E-state index in [0.29, 0.717) is 22.4 Å². The Morgan fingerprint density at radius 1 is 1.03 bits per heavy atom. The first-order valence-electron chi connectivity index (χ1n) is 8.99. The molecule has 0 heterocycles. The van der Waals surface area contributed by atoms with Gasteiger partial charge in [0.25, 0.3) is 5.91 Å². The molecule has 30 heavy (non-hydrogen) atoms. The lowest BCUT2D eigenvalue weighted by Gasteiger charge is -2.18. The van der Waals surface area contributed by atoms with Crippen LogP contribution in [-0.4, -0.2) is 43.9 Å². The zero-order valence-corrected chi connectivity index (χ0v) is 16.6. The summed E-state index contributed by atoms with van der Waals surface area (Å²) in [4.78, 5) is 35.0. The van der Waals surface area contributed by atoms with Crippen LogP contribution in [0.1, 0.15) is 34.5 Å². The first-order chi connectivity index (χ1) is 14.3. The van der Waals surface area contributed by atoms with Crippen molar-refractivity contribution in [1.29, 1.82) is 5.41 Å². The van der Waals surface area contributed by atoms with Crippen molar-refractivity contribution in [3.8, 4) is 5.75 Å². The van der Waals surface area contributed by atoms with E-state index in [1.165, 1.54) is 14.0 Å². The molecule has 2 aromatic rings. The quantitative estimate of drug-likeness (QED) is 0.322. The number of nitrogen functional groups attached to an aromatic ring is 1. The van der Waals surface area contributed by atoms with Gasteiger partial charge in [-0.25, -0.2) is 4.79 Å². The van der Waals surface area contributed by atoms with Gasteiger partial charge in [0.05, 0.1) is 13.7 Å². The molecule has 0 aromatic heterocycles. The molecule has 9 heteroatoms. The minimum Gasteiger partial charge on any atom is -0.482 e. The van der Waals surface area contributed by atoms with E-state index >= 15 is 0 Å². The third-order valence-corrected chi connectivity index (χ3v) is 4.05. The largest absolute Gasteiger partial charge is 0.482 e. The van der Waals surface area contributed by atoms with Crippen molar-refractivity contribution < 1.29 is 28.6 Å². The topological polar surface area (TPSA) is 141 Å². The van der Waals surface area contributed by atoms with Crippen LogP contribution < -0.4 is 15.8 Å². The number of hydrogen-bond acceptors (Lipinski definition) is 7. The number of benzene rings is 2. The first kappa shape index (κ1) is 22.4. The SMILES string of the molecule is COC(=O)COc1ccc([C@@H](CNC(=O)c2ccc(C(=N)N)cc2)OC(C)=O)cc1. The van der Waals surface area contributed by atoms with Crippen molar-refractivity contribution in [3.05, 3.63) is 65.2 Å². The smallest absolute Gasteiger partial charge is 0.343 e. The predicted molar refractivity (Wildman–Crippen MR) is 108 cm³/mol. The van der Waals surface area contributed by atoms with Gasteiger partial charge in [0.1, 0.15) is 17.7 Å². The Labute approximate surface area is 173 Å². The fraction of sp³-hybridized carbons (Fsp3) is 0.238. The third-order valence-electron chi connectivity index (χ3n) is 4.05. The fourth-order valence-electron chi connectivity index (χ4n) is 2.50. The number of methoxy groups -OCH3 is 1. The predicted octanol–water partition coefficient (Wildman–Crippen LogP) is 1.56. The van der Waals surface area contributed by atoms with Crippen molar-refractivity contribution in [2.24, 2.45) is 5.73 Å². The summed E-state index contributed by atoms with van der Waals surface area (Å²) >= 11 is 0. The van der Waals surface area contributed by atoms with E-state index in [0.717, 1.165) is 0 Å². The fourth-order valence-corrected chi connectivity index (χ4v) is 2.50. The second-order valence-electron chi connectivity index (χ2n) is 6.23. The summed E-state index contributed by atoms with van der Waals surface area (Å²) in [5, 5.41) is 10.1. The number of nitrogens with one attached hydrogen (secondary N) is 2. The van der Waals surface area contributed by atoms with E-state index in [2.05, 4.69) is 10.1 Å². The van der Waals surface area contributed by atoms with Crippen LogP contribution in [0.2, 0.25) is 0 Å². The van der Waals surface area contributed by atoms with Gasteiger partial charge in [0, 0.05) is 18.1 Å². The van der Waals surface area contributed by atoms with Crippen LogP contribution in [0.4, 0.5) is 0 Å². The highest BCUT2D eigenvalue weighted by Crippen LogP contribution is 2.21. The number of nitrogens with two attached hydrogens (primary N) is 1. The molecular weight excluding hydrogens is 390 g/mol. The molecule has 0 saturated carbocycles. The molecule has 0 fully saturated rings. The maximum atomic E-state index is 12.4. The highest BCUT2D eigenvalue weighted by Gasteiger charge is 2.17. The van der Waals surface area contributed by atoms with E-state index in [9.17, 15) is 14.4 Å². The molecule has 0 aliphatic rings. The van der Waals surface area contributed by atoms with Crippen molar-refractivity contribution in [2.45, 2.75) is 13.0 Å². The molecule has 9 nitrogen and oxygen atoms in total. The number of amides is 1. The van der Waals surface area contributed by atoms with Gasteiger partial charge in [-0.1, -0.05) is 24.3 Å². The summed E-state index contributed by atoms with van der Waals surface area (Å²) in [6, 6.07) is 12.9. The molecule has 0 bridgehead atoms. The molecule has 0 unspecified atom stereocenters. The summed E-state index contributed by atoms with van der Waals surface area (Å²) in [5.74, 6) is -1.00. The van der Waals surface area contributed by atoms with Crippen LogP contribution >= 0.6 is 0 Å². The van der Waals surface area contributed by atoms with E-state index in [1.807, 2.05) is 0 Å². The van der Waals surface area contributed by atoms with Gasteiger partial charge >= 0.3 is 11.9 Å². The number of esters is 2. The molecule has 0 aliphatic heterocycles. The Bertz CT molecular complexity index is 909. The second-order valence-corrected chi connectivity index (χ2v) is 6.23. The number of rotatable bonds is 9. The lowest BCUT2D eigenvalue weighted by atomic mass is 10.1. The van der Waals surface area contributed by atoms with Gasteiger partial charge in [-0.15, -0.1) is 0 Å². The van der Waals surface area contributed by atoms with E-state index in [1.54, 1.807) is 48.5 Å². The second kappa shape index (κ2) is 10.6. The van der Waals surface area contributed by atoms with E-state index in [4.69, 9.17) is 20.6 Å². The minimum absolute atomic E-state index is 0.0508. The molecule has 1 atom stereocenters. The van der Waals surface area contributed by atoms with Crippen LogP contribution in [0.5, 0.6) is 5.75 Å². The Kier molecular flexibility index (Phi) is 7.92. The Morgan fingerprint density at radius 3 is 2.17 bits per heavy atom. The molecule has 158 valence electrons. The summed E-state index contributed by atoms with van der Waals surface area (Å²) in [5.41, 5.74) is 6.94. The highest BCUT2D eigenvalue weighted by molar-refractivity contribution is 5.98. The maximum Gasteiger partial charge on any atom is 0.343 e. The average Bonchev–Trinajstić information content (AvgIpc) is 2.74. The Balaban J connectivity index is 2.03. The molecule has 0 radical (unpaired) electrons. The van der Waals surface area contributed by atoms with Crippen LogP contribution in [-0.2, 0) is 19.1 Å². The zero-order chi connectivity index (χ0) is 22.1. The van der Waals surface area contributed by atoms with Crippen molar-refractivity contribution in [3.63, 3.8) is 0 Å². The number of carbonyl (C=O) groups excluding carboxylic acids is 3. The zero-order valence-electron chi connectivity index (χ0n) is 16.6. The van der Waals surface area contributed by atoms with E-state index in [-0.39, 0.29) is 24.9 Å². The van der Waals surface area contributed by atoms with Crippen LogP contribution in [0, 0.1) is 5.41 Å². The van der Waals surface area contributed by atoms with E-state index < -0.39 is 18.0 Å². The number of amidine groups is 1. The maximum absolute atomic E-state index is 12.4. The van der Waals surface area contributed by atoms with Crippen LogP contribution in [0.25, 0.3) is 0 Å². The normalized spacial score (nSPS) is 11.1. The van der Waals surface area contributed by atoms with Gasteiger partial charge in [0.2, 0.25) is 0 Å². The first-order valence-corrected chi connectivity index (χ1v) is 8.99. The molecule has 2 rings (SSSR count). The summed E-state index contributed by atoms with van der Waals surface area (Å²) < 4.78 is 15.1. The Hall–Kier alpha value is -3.88. The number of carbonyl (C=O) groups is 3. The van der Waals surface area contributed by atoms with Gasteiger partial charge in [-0.2, -0.15) is 0 Å². The standard InChI is InChI=1S/C21H23N3O6/c1-13(25)30-18(14-7-9-17(10-8-14)29-12-19(26)28-2)11-24-21(27)16-5-3-15(4-6-16)20(22)23/h3-10,18H,11-12H2,1-2H3,(H3,22,23)(H,24,27)/t18-/m1/s1. The monoisotopic (exact) mass is 413 g/mol. The summed E-state index contributed by atoms with van der Waals surface area (Å²) in [6.45, 7) is 1.11. The highest BCUT2D eigenvalue weighted by atomic mass is 16.6. The minimum atomic E-state index is -0.711. The number of hydrogen-bond donors (Lipinski definition) is 3. The molecule has 2 aromatic carbocycles. The molecule has 4 N–H and O–H groups in total. The molecule has 0 spiro atoms. The van der Waals surface area contributed by atoms with Crippen LogP contribution in [0.15, 0.2) is 48.5 Å². The molecule has 0 aliphatic carbocycles. The molecule has 0 saturated heterocycles. The van der Waals surface area contributed by atoms with Gasteiger partial charge in [0.15, 0.2) is 6.61 Å². The summed E-state index contributed by atoms with van der Waals surface area (Å²) in [7, 11) is 1.27. The lowest BCUT2D eigenvalue weighted by Crippen LogP contribution is -2.30. The Morgan fingerprint density at radius 2 is 1.63 bits per heavy atom. The molecule has 1 amide bonds. The lowest BCUT2D eigenvalue weighted by molar-refractivity contribution is -0.146. The van der Waals surface area contributed by atoms with Gasteiger partial charge < -0.3 is 25.3 Å². The van der Waals surface area contributed by atoms with Crippen molar-refractivity contribution in [2.75, 3.05) is 20.3 Å².